The average molecular weight is 295 g/mol. The highest BCUT2D eigenvalue weighted by molar-refractivity contribution is 5.26. The van der Waals surface area contributed by atoms with Gasteiger partial charge in [0.25, 0.3) is 0 Å². The van der Waals surface area contributed by atoms with E-state index in [1.807, 2.05) is 19.1 Å². The minimum absolute atomic E-state index is 0.181. The fraction of sp³-hybridized carbons (Fsp3) is 0.400. The quantitative estimate of drug-likeness (QED) is 0.887. The molecule has 0 aliphatic carbocycles. The van der Waals surface area contributed by atoms with Crippen LogP contribution < -0.4 is 5.32 Å². The summed E-state index contributed by atoms with van der Waals surface area (Å²) in [6.45, 7) is 4.16. The molecule has 22 heavy (non-hydrogen) atoms. The molecular weight excluding hydrogens is 270 g/mol. The van der Waals surface area contributed by atoms with E-state index in [2.05, 4.69) is 60.8 Å². The van der Waals surface area contributed by atoms with Crippen molar-refractivity contribution in [3.63, 3.8) is 0 Å². The van der Waals surface area contributed by atoms with Crippen LogP contribution >= 0.6 is 0 Å². The van der Waals surface area contributed by atoms with Gasteiger partial charge in [-0.2, -0.15) is 0 Å². The molecule has 0 aromatic heterocycles. The fourth-order valence-corrected chi connectivity index (χ4v) is 3.88. The maximum Gasteiger partial charge on any atom is 0.0684 e. The molecule has 2 aromatic rings. The Morgan fingerprint density at radius 2 is 1.55 bits per heavy atom. The normalized spacial score (nSPS) is 31.9. The molecule has 2 nitrogen and oxygen atoms in total. The lowest BCUT2D eigenvalue weighted by Crippen LogP contribution is -2.51. The van der Waals surface area contributed by atoms with E-state index in [0.29, 0.717) is 0 Å². The Morgan fingerprint density at radius 3 is 2.09 bits per heavy atom. The molecular formula is C20H25NO. The number of benzene rings is 2. The van der Waals surface area contributed by atoms with Crippen molar-refractivity contribution in [1.82, 2.24) is 5.32 Å². The van der Waals surface area contributed by atoms with Crippen molar-refractivity contribution in [3.8, 4) is 0 Å². The Labute approximate surface area is 133 Å². The molecule has 0 spiro atoms. The van der Waals surface area contributed by atoms with Crippen molar-refractivity contribution in [3.05, 3.63) is 71.8 Å². The van der Waals surface area contributed by atoms with E-state index < -0.39 is 5.60 Å². The van der Waals surface area contributed by atoms with E-state index in [0.717, 1.165) is 12.8 Å². The molecule has 0 bridgehead atoms. The summed E-state index contributed by atoms with van der Waals surface area (Å²) in [6, 6.07) is 21.3. The highest BCUT2D eigenvalue weighted by atomic mass is 16.3. The van der Waals surface area contributed by atoms with Crippen molar-refractivity contribution >= 4 is 0 Å². The predicted molar refractivity (Wildman–Crippen MR) is 90.5 cm³/mol. The lowest BCUT2D eigenvalue weighted by atomic mass is 9.71. The molecule has 2 N–H and O–H groups in total. The van der Waals surface area contributed by atoms with E-state index in [-0.39, 0.29) is 18.0 Å². The Bertz CT molecular complexity index is 594. The van der Waals surface area contributed by atoms with Crippen LogP contribution in [-0.4, -0.2) is 10.7 Å². The van der Waals surface area contributed by atoms with E-state index in [1.165, 1.54) is 11.1 Å². The second kappa shape index (κ2) is 6.23. The number of piperidine rings is 1. The van der Waals surface area contributed by atoms with Gasteiger partial charge in [-0.25, -0.2) is 0 Å². The van der Waals surface area contributed by atoms with E-state index in [9.17, 15) is 5.11 Å². The van der Waals surface area contributed by atoms with Crippen LogP contribution in [0.4, 0.5) is 0 Å². The van der Waals surface area contributed by atoms with Gasteiger partial charge in [0.1, 0.15) is 0 Å². The number of hydrogen-bond donors (Lipinski definition) is 2. The van der Waals surface area contributed by atoms with Gasteiger partial charge in [-0.05, 0) is 30.9 Å². The van der Waals surface area contributed by atoms with Crippen molar-refractivity contribution in [2.24, 2.45) is 5.92 Å². The largest absolute Gasteiger partial charge is 0.390 e. The third-order valence-corrected chi connectivity index (χ3v) is 5.00. The van der Waals surface area contributed by atoms with Gasteiger partial charge in [0.05, 0.1) is 5.60 Å². The SMILES string of the molecule is CC[C@H]1[C@H](c2ccccc2)N[C@@H](c2ccccc2)C[C@@]1(C)O. The van der Waals surface area contributed by atoms with Crippen LogP contribution in [0.25, 0.3) is 0 Å². The molecule has 116 valence electrons. The molecule has 1 aliphatic rings. The lowest BCUT2D eigenvalue weighted by molar-refractivity contribution is -0.0616. The van der Waals surface area contributed by atoms with Gasteiger partial charge in [0, 0.05) is 18.0 Å². The van der Waals surface area contributed by atoms with Crippen LogP contribution in [0.15, 0.2) is 60.7 Å². The molecule has 0 unspecified atom stereocenters. The third-order valence-electron chi connectivity index (χ3n) is 5.00. The summed E-state index contributed by atoms with van der Waals surface area (Å²) in [4.78, 5) is 0. The van der Waals surface area contributed by atoms with Gasteiger partial charge in [0.15, 0.2) is 0 Å². The maximum absolute atomic E-state index is 11.1. The number of aliphatic hydroxyl groups is 1. The zero-order chi connectivity index (χ0) is 15.6. The standard InChI is InChI=1S/C20H25NO/c1-3-17-19(16-12-8-5-9-13-16)21-18(14-20(17,2)22)15-10-6-4-7-11-15/h4-13,17-19,21-22H,3,14H2,1-2H3/t17-,18+,19-,20+/m0/s1. The van der Waals surface area contributed by atoms with E-state index in [1.54, 1.807) is 0 Å². The molecule has 0 radical (unpaired) electrons. The Kier molecular flexibility index (Phi) is 4.32. The smallest absolute Gasteiger partial charge is 0.0684 e. The second-order valence-corrected chi connectivity index (χ2v) is 6.59. The summed E-state index contributed by atoms with van der Waals surface area (Å²) >= 11 is 0. The van der Waals surface area contributed by atoms with E-state index >= 15 is 0 Å². The monoisotopic (exact) mass is 295 g/mol. The van der Waals surface area contributed by atoms with Crippen molar-refractivity contribution in [2.75, 3.05) is 0 Å². The zero-order valence-corrected chi connectivity index (χ0v) is 13.4. The summed E-state index contributed by atoms with van der Waals surface area (Å²) in [5.41, 5.74) is 1.84. The third kappa shape index (κ3) is 2.94. The van der Waals surface area contributed by atoms with Crippen molar-refractivity contribution in [2.45, 2.75) is 44.4 Å². The number of nitrogens with one attached hydrogen (secondary N) is 1. The molecule has 1 saturated heterocycles. The first-order chi connectivity index (χ1) is 10.6. The number of rotatable bonds is 3. The van der Waals surface area contributed by atoms with Gasteiger partial charge >= 0.3 is 0 Å². The Balaban J connectivity index is 1.95. The maximum atomic E-state index is 11.1. The fourth-order valence-electron chi connectivity index (χ4n) is 3.88. The topological polar surface area (TPSA) is 32.3 Å². The van der Waals surface area contributed by atoms with Gasteiger partial charge in [-0.15, -0.1) is 0 Å². The summed E-state index contributed by atoms with van der Waals surface area (Å²) < 4.78 is 0. The first kappa shape index (κ1) is 15.3. The van der Waals surface area contributed by atoms with Crippen molar-refractivity contribution in [1.29, 1.82) is 0 Å². The summed E-state index contributed by atoms with van der Waals surface area (Å²) in [5.74, 6) is 0.217. The summed E-state index contributed by atoms with van der Waals surface area (Å²) in [6.07, 6.45) is 1.71. The highest BCUT2D eigenvalue weighted by Gasteiger charge is 2.44. The van der Waals surface area contributed by atoms with Gasteiger partial charge < -0.3 is 10.4 Å². The molecule has 0 saturated carbocycles. The predicted octanol–water partition coefficient (Wildman–Crippen LogP) is 4.24. The first-order valence-electron chi connectivity index (χ1n) is 8.20. The van der Waals surface area contributed by atoms with Crippen molar-refractivity contribution < 1.29 is 5.11 Å². The Hall–Kier alpha value is -1.64. The molecule has 2 aromatic carbocycles. The zero-order valence-electron chi connectivity index (χ0n) is 13.4. The minimum Gasteiger partial charge on any atom is -0.390 e. The van der Waals surface area contributed by atoms with E-state index in [4.69, 9.17) is 0 Å². The first-order valence-corrected chi connectivity index (χ1v) is 8.20. The van der Waals surface area contributed by atoms with Crippen LogP contribution in [0, 0.1) is 5.92 Å². The van der Waals surface area contributed by atoms with Gasteiger partial charge in [-0.1, -0.05) is 67.6 Å². The minimum atomic E-state index is -0.666. The molecule has 1 heterocycles. The van der Waals surface area contributed by atoms with Crippen LogP contribution in [0.2, 0.25) is 0 Å². The van der Waals surface area contributed by atoms with Crippen LogP contribution in [-0.2, 0) is 0 Å². The Morgan fingerprint density at radius 1 is 1.00 bits per heavy atom. The van der Waals surface area contributed by atoms with Crippen LogP contribution in [0.1, 0.15) is 49.9 Å². The van der Waals surface area contributed by atoms with Crippen LogP contribution in [0.5, 0.6) is 0 Å². The highest BCUT2D eigenvalue weighted by Crippen LogP contribution is 2.44. The molecule has 1 aliphatic heterocycles. The van der Waals surface area contributed by atoms with Crippen LogP contribution in [0.3, 0.4) is 0 Å². The van der Waals surface area contributed by atoms with Gasteiger partial charge in [-0.3, -0.25) is 0 Å². The molecule has 0 amide bonds. The molecule has 3 rings (SSSR count). The molecule has 2 heteroatoms. The summed E-state index contributed by atoms with van der Waals surface area (Å²) in [5, 5.41) is 14.8. The molecule has 1 fully saturated rings. The summed E-state index contributed by atoms with van der Waals surface area (Å²) in [7, 11) is 0. The average Bonchev–Trinajstić information content (AvgIpc) is 2.55. The lowest BCUT2D eigenvalue weighted by Gasteiger charge is -2.47. The second-order valence-electron chi connectivity index (χ2n) is 6.59. The molecule has 4 atom stereocenters. The van der Waals surface area contributed by atoms with Gasteiger partial charge in [0.2, 0.25) is 0 Å². The number of hydrogen-bond acceptors (Lipinski definition) is 2.